The molecule has 3 rings (SSSR count). The quantitative estimate of drug-likeness (QED) is 0.238. The minimum atomic E-state index is -0.0118. The Bertz CT molecular complexity index is 860. The van der Waals surface area contributed by atoms with Crippen molar-refractivity contribution in [2.75, 3.05) is 0 Å². The lowest BCUT2D eigenvalue weighted by Crippen LogP contribution is -2.16. The third-order valence-electron chi connectivity index (χ3n) is 4.70. The molecule has 0 aliphatic rings. The smallest absolute Gasteiger partial charge is 0.240 e. The van der Waals surface area contributed by atoms with Gasteiger partial charge < -0.3 is 0 Å². The predicted molar refractivity (Wildman–Crippen MR) is 111 cm³/mol. The van der Waals surface area contributed by atoms with Crippen LogP contribution in [0.4, 0.5) is 0 Å². The average molecular weight is 346 g/mol. The molecule has 0 fully saturated rings. The zero-order chi connectivity index (χ0) is 18.2. The highest BCUT2D eigenvalue weighted by molar-refractivity contribution is 6.13. The zero-order valence-corrected chi connectivity index (χ0v) is 15.4. The number of hydrogen-bond donors (Lipinski definition) is 1. The normalized spacial score (nSPS) is 11.4. The number of nitrogens with zero attached hydrogens (tertiary/aromatic N) is 1. The largest absolute Gasteiger partial charge is 0.273 e. The number of hydrazone groups is 1. The molecule has 26 heavy (non-hydrogen) atoms. The number of benzene rings is 3. The van der Waals surface area contributed by atoms with E-state index in [2.05, 4.69) is 47.8 Å². The van der Waals surface area contributed by atoms with Crippen LogP contribution in [0.25, 0.3) is 21.5 Å². The predicted octanol–water partition coefficient (Wildman–Crippen LogP) is 5.80. The van der Waals surface area contributed by atoms with E-state index >= 15 is 0 Å². The minimum absolute atomic E-state index is 0.0118. The van der Waals surface area contributed by atoms with E-state index in [9.17, 15) is 4.79 Å². The molecule has 134 valence electrons. The van der Waals surface area contributed by atoms with Crippen molar-refractivity contribution >= 4 is 33.7 Å². The maximum atomic E-state index is 12.0. The second kappa shape index (κ2) is 9.14. The molecule has 0 saturated carbocycles. The number of unbranched alkanes of at least 4 members (excludes halogenated alkanes) is 4. The van der Waals surface area contributed by atoms with E-state index in [1.165, 1.54) is 30.0 Å². The second-order valence-corrected chi connectivity index (χ2v) is 6.69. The van der Waals surface area contributed by atoms with Crippen molar-refractivity contribution in [2.24, 2.45) is 5.10 Å². The molecule has 3 heteroatoms. The summed E-state index contributed by atoms with van der Waals surface area (Å²) in [7, 11) is 0. The van der Waals surface area contributed by atoms with Crippen molar-refractivity contribution in [1.82, 2.24) is 5.43 Å². The van der Waals surface area contributed by atoms with E-state index in [0.717, 1.165) is 29.2 Å². The first kappa shape index (κ1) is 18.1. The van der Waals surface area contributed by atoms with E-state index < -0.39 is 0 Å². The van der Waals surface area contributed by atoms with Crippen LogP contribution in [0.15, 0.2) is 59.7 Å². The van der Waals surface area contributed by atoms with Crippen molar-refractivity contribution in [3.05, 3.63) is 60.2 Å². The summed E-state index contributed by atoms with van der Waals surface area (Å²) in [5.41, 5.74) is 3.73. The van der Waals surface area contributed by atoms with Gasteiger partial charge in [-0.05, 0) is 34.0 Å². The Kier molecular flexibility index (Phi) is 6.37. The number of nitrogens with one attached hydrogen (secondary N) is 1. The van der Waals surface area contributed by atoms with Crippen LogP contribution in [0.5, 0.6) is 0 Å². The number of carbonyl (C=O) groups is 1. The summed E-state index contributed by atoms with van der Waals surface area (Å²) in [6, 6.07) is 18.7. The number of amides is 1. The summed E-state index contributed by atoms with van der Waals surface area (Å²) >= 11 is 0. The van der Waals surface area contributed by atoms with Gasteiger partial charge in [0, 0.05) is 12.0 Å². The van der Waals surface area contributed by atoms with Gasteiger partial charge in [-0.2, -0.15) is 5.10 Å². The average Bonchev–Trinajstić information content (AvgIpc) is 2.67. The summed E-state index contributed by atoms with van der Waals surface area (Å²) < 4.78 is 0. The van der Waals surface area contributed by atoms with Gasteiger partial charge in [0.2, 0.25) is 5.91 Å². The zero-order valence-electron chi connectivity index (χ0n) is 15.4. The molecular weight excluding hydrogens is 320 g/mol. The monoisotopic (exact) mass is 346 g/mol. The first-order chi connectivity index (χ1) is 12.8. The van der Waals surface area contributed by atoms with E-state index in [4.69, 9.17) is 0 Å². The maximum Gasteiger partial charge on any atom is 0.240 e. The van der Waals surface area contributed by atoms with Gasteiger partial charge in [-0.1, -0.05) is 81.1 Å². The summed E-state index contributed by atoms with van der Waals surface area (Å²) in [6.07, 6.45) is 8.02. The summed E-state index contributed by atoms with van der Waals surface area (Å²) in [4.78, 5) is 12.0. The molecule has 0 heterocycles. The Hall–Kier alpha value is -2.68. The maximum absolute atomic E-state index is 12.0. The molecule has 1 N–H and O–H groups in total. The van der Waals surface area contributed by atoms with Crippen LogP contribution in [0.3, 0.4) is 0 Å². The Morgan fingerprint density at radius 1 is 0.923 bits per heavy atom. The fourth-order valence-corrected chi connectivity index (χ4v) is 3.30. The molecule has 0 radical (unpaired) electrons. The summed E-state index contributed by atoms with van der Waals surface area (Å²) in [6.45, 7) is 2.19. The molecule has 0 saturated heterocycles. The van der Waals surface area contributed by atoms with Crippen LogP contribution in [0, 0.1) is 0 Å². The van der Waals surface area contributed by atoms with Crippen molar-refractivity contribution in [3.8, 4) is 0 Å². The number of rotatable bonds is 8. The SMILES string of the molecule is CCCCCCCC(=O)NN=Cc1c2ccccc2cc2ccccc12. The van der Waals surface area contributed by atoms with E-state index in [1.54, 1.807) is 6.21 Å². The fourth-order valence-electron chi connectivity index (χ4n) is 3.30. The number of fused-ring (bicyclic) bond motifs is 2. The van der Waals surface area contributed by atoms with Crippen molar-refractivity contribution in [3.63, 3.8) is 0 Å². The van der Waals surface area contributed by atoms with Crippen LogP contribution >= 0.6 is 0 Å². The molecule has 3 aromatic carbocycles. The summed E-state index contributed by atoms with van der Waals surface area (Å²) in [5, 5.41) is 8.87. The van der Waals surface area contributed by atoms with Crippen LogP contribution in [-0.2, 0) is 4.79 Å². The van der Waals surface area contributed by atoms with Crippen LogP contribution < -0.4 is 5.43 Å². The molecule has 0 bridgehead atoms. The molecule has 0 unspecified atom stereocenters. The van der Waals surface area contributed by atoms with E-state index in [0.29, 0.717) is 6.42 Å². The van der Waals surface area contributed by atoms with E-state index in [-0.39, 0.29) is 5.91 Å². The van der Waals surface area contributed by atoms with Crippen molar-refractivity contribution in [1.29, 1.82) is 0 Å². The Balaban J connectivity index is 1.73. The van der Waals surface area contributed by atoms with Gasteiger partial charge in [-0.25, -0.2) is 5.43 Å². The Morgan fingerprint density at radius 2 is 1.54 bits per heavy atom. The second-order valence-electron chi connectivity index (χ2n) is 6.69. The van der Waals surface area contributed by atoms with Crippen LogP contribution in [0.1, 0.15) is 51.0 Å². The molecule has 3 aromatic rings. The van der Waals surface area contributed by atoms with Gasteiger partial charge in [0.15, 0.2) is 0 Å². The molecule has 0 aliphatic carbocycles. The Labute approximate surface area is 155 Å². The highest BCUT2D eigenvalue weighted by Gasteiger charge is 2.05. The standard InChI is InChI=1S/C23H26N2O/c1-2-3-4-5-6-15-23(26)25-24-17-22-20-13-9-7-11-18(20)16-19-12-8-10-14-21(19)22/h7-14,16-17H,2-6,15H2,1H3,(H,25,26). The highest BCUT2D eigenvalue weighted by Crippen LogP contribution is 2.27. The van der Waals surface area contributed by atoms with Gasteiger partial charge >= 0.3 is 0 Å². The van der Waals surface area contributed by atoms with Gasteiger partial charge in [-0.15, -0.1) is 0 Å². The number of hydrogen-bond acceptors (Lipinski definition) is 2. The lowest BCUT2D eigenvalue weighted by molar-refractivity contribution is -0.121. The molecule has 3 nitrogen and oxygen atoms in total. The van der Waals surface area contributed by atoms with Gasteiger partial charge in [0.25, 0.3) is 0 Å². The third kappa shape index (κ3) is 4.48. The highest BCUT2D eigenvalue weighted by atomic mass is 16.2. The molecule has 1 amide bonds. The topological polar surface area (TPSA) is 41.5 Å². The molecule has 0 atom stereocenters. The number of carbonyl (C=O) groups excluding carboxylic acids is 1. The van der Waals surface area contributed by atoms with E-state index in [1.807, 2.05) is 24.3 Å². The Morgan fingerprint density at radius 3 is 2.19 bits per heavy atom. The fraction of sp³-hybridized carbons (Fsp3) is 0.304. The first-order valence-corrected chi connectivity index (χ1v) is 9.52. The minimum Gasteiger partial charge on any atom is -0.273 e. The van der Waals surface area contributed by atoms with Crippen LogP contribution in [0.2, 0.25) is 0 Å². The molecule has 0 aliphatic heterocycles. The molecule has 0 spiro atoms. The van der Waals surface area contributed by atoms with Gasteiger partial charge in [0.1, 0.15) is 0 Å². The van der Waals surface area contributed by atoms with Gasteiger partial charge in [-0.3, -0.25) is 4.79 Å². The molecule has 0 aromatic heterocycles. The summed E-state index contributed by atoms with van der Waals surface area (Å²) in [5.74, 6) is -0.0118. The third-order valence-corrected chi connectivity index (χ3v) is 4.70. The lowest BCUT2D eigenvalue weighted by Gasteiger charge is -2.08. The lowest BCUT2D eigenvalue weighted by atomic mass is 9.97. The first-order valence-electron chi connectivity index (χ1n) is 9.52. The van der Waals surface area contributed by atoms with Crippen LogP contribution in [-0.4, -0.2) is 12.1 Å². The molecular formula is C23H26N2O. The van der Waals surface area contributed by atoms with Gasteiger partial charge in [0.05, 0.1) is 6.21 Å². The van der Waals surface area contributed by atoms with Crippen molar-refractivity contribution < 1.29 is 4.79 Å². The van der Waals surface area contributed by atoms with Crippen molar-refractivity contribution in [2.45, 2.75) is 45.4 Å².